The third kappa shape index (κ3) is 4.34. The molecule has 4 nitrogen and oxygen atoms in total. The number of hydrogen-bond acceptors (Lipinski definition) is 3. The van der Waals surface area contributed by atoms with Crippen LogP contribution in [0.1, 0.15) is 36.8 Å². The quantitative estimate of drug-likeness (QED) is 0.701. The van der Waals surface area contributed by atoms with E-state index < -0.39 is 0 Å². The molecule has 1 saturated heterocycles. The van der Waals surface area contributed by atoms with Crippen LogP contribution in [0.4, 0.5) is 5.82 Å². The Labute approximate surface area is 169 Å². The fourth-order valence-corrected chi connectivity index (χ4v) is 4.06. The molecule has 0 unspecified atom stereocenters. The highest BCUT2D eigenvalue weighted by atomic mass is 79.9. The van der Waals surface area contributed by atoms with Crippen LogP contribution in [-0.4, -0.2) is 34.9 Å². The monoisotopic (exact) mass is 427 g/mol. The smallest absolute Gasteiger partial charge is 0.226 e. The first-order chi connectivity index (χ1) is 13.1. The Morgan fingerprint density at radius 3 is 2.52 bits per heavy atom. The maximum absolute atomic E-state index is 13.2. The van der Waals surface area contributed by atoms with E-state index in [0.717, 1.165) is 55.6 Å². The number of aromatic nitrogens is 1. The lowest BCUT2D eigenvalue weighted by Crippen LogP contribution is -2.43. The van der Waals surface area contributed by atoms with Crippen LogP contribution in [0.5, 0.6) is 0 Å². The lowest BCUT2D eigenvalue weighted by molar-refractivity contribution is -0.137. The highest BCUT2D eigenvalue weighted by Crippen LogP contribution is 2.32. The Morgan fingerprint density at radius 2 is 1.89 bits per heavy atom. The zero-order chi connectivity index (χ0) is 18.8. The Bertz CT molecular complexity index is 798. The standard InChI is InChI=1S/C22H26BrN3O/c1-16-13-21(24-14-20(16)23)25-11-9-18(10-12-25)22(27)26(19-7-8-19)15-17-5-3-2-4-6-17/h2-6,13-14,18-19H,7-12,15H2,1H3. The van der Waals surface area contributed by atoms with Gasteiger partial charge in [-0.25, -0.2) is 4.98 Å². The van der Waals surface area contributed by atoms with Crippen LogP contribution in [-0.2, 0) is 11.3 Å². The summed E-state index contributed by atoms with van der Waals surface area (Å²) in [5.41, 5.74) is 2.42. The molecule has 142 valence electrons. The molecule has 0 radical (unpaired) electrons. The van der Waals surface area contributed by atoms with E-state index in [1.807, 2.05) is 12.3 Å². The number of pyridine rings is 1. The summed E-state index contributed by atoms with van der Waals surface area (Å²) in [6.45, 7) is 4.63. The first kappa shape index (κ1) is 18.5. The molecule has 1 aliphatic carbocycles. The van der Waals surface area contributed by atoms with Crippen molar-refractivity contribution in [3.05, 3.63) is 58.2 Å². The van der Waals surface area contributed by atoms with Gasteiger partial charge in [0.15, 0.2) is 0 Å². The second-order valence-corrected chi connectivity index (χ2v) is 8.59. The number of halogens is 1. The number of piperidine rings is 1. The van der Waals surface area contributed by atoms with Crippen LogP contribution < -0.4 is 4.90 Å². The summed E-state index contributed by atoms with van der Waals surface area (Å²) >= 11 is 3.51. The van der Waals surface area contributed by atoms with Crippen molar-refractivity contribution in [2.75, 3.05) is 18.0 Å². The van der Waals surface area contributed by atoms with E-state index in [1.165, 1.54) is 11.1 Å². The SMILES string of the molecule is Cc1cc(N2CCC(C(=O)N(Cc3ccccc3)C3CC3)CC2)ncc1Br. The minimum absolute atomic E-state index is 0.141. The first-order valence-electron chi connectivity index (χ1n) is 9.83. The Hall–Kier alpha value is -1.88. The third-order valence-corrected chi connectivity index (χ3v) is 6.50. The van der Waals surface area contributed by atoms with Gasteiger partial charge in [0.25, 0.3) is 0 Å². The van der Waals surface area contributed by atoms with Crippen molar-refractivity contribution in [2.24, 2.45) is 5.92 Å². The molecule has 0 N–H and O–H groups in total. The molecule has 2 fully saturated rings. The maximum atomic E-state index is 13.2. The zero-order valence-electron chi connectivity index (χ0n) is 15.8. The van der Waals surface area contributed by atoms with Crippen molar-refractivity contribution in [1.29, 1.82) is 0 Å². The molecule has 0 bridgehead atoms. The van der Waals surface area contributed by atoms with Crippen LogP contribution in [0.25, 0.3) is 0 Å². The summed E-state index contributed by atoms with van der Waals surface area (Å²) in [6.07, 6.45) is 6.00. The van der Waals surface area contributed by atoms with Crippen molar-refractivity contribution in [3.8, 4) is 0 Å². The van der Waals surface area contributed by atoms with E-state index in [4.69, 9.17) is 0 Å². The van der Waals surface area contributed by atoms with Crippen LogP contribution in [0.2, 0.25) is 0 Å². The van der Waals surface area contributed by atoms with Gasteiger partial charge in [0.1, 0.15) is 5.82 Å². The molecule has 2 heterocycles. The van der Waals surface area contributed by atoms with Gasteiger partial charge in [-0.15, -0.1) is 0 Å². The topological polar surface area (TPSA) is 36.4 Å². The van der Waals surface area contributed by atoms with Gasteiger partial charge in [-0.2, -0.15) is 0 Å². The second-order valence-electron chi connectivity index (χ2n) is 7.74. The second kappa shape index (κ2) is 8.01. The first-order valence-corrected chi connectivity index (χ1v) is 10.6. The van der Waals surface area contributed by atoms with Gasteiger partial charge >= 0.3 is 0 Å². The van der Waals surface area contributed by atoms with Gasteiger partial charge < -0.3 is 9.80 Å². The molecule has 1 aromatic carbocycles. The molecule has 5 heteroatoms. The van der Waals surface area contributed by atoms with E-state index >= 15 is 0 Å². The highest BCUT2D eigenvalue weighted by Gasteiger charge is 2.37. The summed E-state index contributed by atoms with van der Waals surface area (Å²) < 4.78 is 1.04. The van der Waals surface area contributed by atoms with E-state index in [9.17, 15) is 4.79 Å². The minimum Gasteiger partial charge on any atom is -0.357 e. The number of aryl methyl sites for hydroxylation is 1. The molecule has 2 aliphatic rings. The van der Waals surface area contributed by atoms with Crippen LogP contribution in [0, 0.1) is 12.8 Å². The van der Waals surface area contributed by atoms with E-state index in [0.29, 0.717) is 11.9 Å². The van der Waals surface area contributed by atoms with Crippen LogP contribution >= 0.6 is 15.9 Å². The van der Waals surface area contributed by atoms with Crippen LogP contribution in [0.3, 0.4) is 0 Å². The molecule has 4 rings (SSSR count). The number of amides is 1. The molecule has 2 aromatic rings. The number of nitrogens with zero attached hydrogens (tertiary/aromatic N) is 3. The summed E-state index contributed by atoms with van der Waals surface area (Å²) in [6, 6.07) is 12.9. The summed E-state index contributed by atoms with van der Waals surface area (Å²) in [4.78, 5) is 22.2. The highest BCUT2D eigenvalue weighted by molar-refractivity contribution is 9.10. The Balaban J connectivity index is 1.39. The summed E-state index contributed by atoms with van der Waals surface area (Å²) in [5, 5.41) is 0. The van der Waals surface area contributed by atoms with Crippen LogP contribution in [0.15, 0.2) is 47.1 Å². The lowest BCUT2D eigenvalue weighted by atomic mass is 9.94. The number of carbonyl (C=O) groups excluding carboxylic acids is 1. The average Bonchev–Trinajstić information content (AvgIpc) is 3.54. The molecule has 0 atom stereocenters. The Kier molecular flexibility index (Phi) is 5.48. The fourth-order valence-electron chi connectivity index (χ4n) is 3.84. The van der Waals surface area contributed by atoms with Gasteiger partial charge in [-0.05, 0) is 65.7 Å². The van der Waals surface area contributed by atoms with Gasteiger partial charge in [-0.3, -0.25) is 4.79 Å². The minimum atomic E-state index is 0.141. The Morgan fingerprint density at radius 1 is 1.19 bits per heavy atom. The zero-order valence-corrected chi connectivity index (χ0v) is 17.4. The number of anilines is 1. The molecule has 1 aromatic heterocycles. The van der Waals surface area contributed by atoms with Crippen molar-refractivity contribution >= 4 is 27.7 Å². The van der Waals surface area contributed by atoms with Gasteiger partial charge in [0.2, 0.25) is 5.91 Å². The third-order valence-electron chi connectivity index (χ3n) is 5.67. The van der Waals surface area contributed by atoms with Gasteiger partial charge in [-0.1, -0.05) is 30.3 Å². The van der Waals surface area contributed by atoms with E-state index in [2.05, 4.69) is 68.0 Å². The number of rotatable bonds is 5. The largest absolute Gasteiger partial charge is 0.357 e. The van der Waals surface area contributed by atoms with E-state index in [1.54, 1.807) is 0 Å². The molecule has 1 amide bonds. The fraction of sp³-hybridized carbons (Fsp3) is 0.455. The number of benzene rings is 1. The predicted molar refractivity (Wildman–Crippen MR) is 112 cm³/mol. The molecule has 27 heavy (non-hydrogen) atoms. The number of hydrogen-bond donors (Lipinski definition) is 0. The molecule has 1 aliphatic heterocycles. The summed E-state index contributed by atoms with van der Waals surface area (Å²) in [5.74, 6) is 1.51. The van der Waals surface area contributed by atoms with Gasteiger partial charge in [0.05, 0.1) is 0 Å². The van der Waals surface area contributed by atoms with E-state index in [-0.39, 0.29) is 5.92 Å². The normalized spacial score (nSPS) is 17.8. The molecular formula is C22H26BrN3O. The lowest BCUT2D eigenvalue weighted by Gasteiger charge is -2.35. The maximum Gasteiger partial charge on any atom is 0.226 e. The van der Waals surface area contributed by atoms with Crippen molar-refractivity contribution in [3.63, 3.8) is 0 Å². The summed E-state index contributed by atoms with van der Waals surface area (Å²) in [7, 11) is 0. The van der Waals surface area contributed by atoms with Crippen molar-refractivity contribution < 1.29 is 4.79 Å². The predicted octanol–water partition coefficient (Wildman–Crippen LogP) is 4.56. The molecular weight excluding hydrogens is 402 g/mol. The van der Waals surface area contributed by atoms with Crippen molar-refractivity contribution in [2.45, 2.75) is 45.2 Å². The molecule has 1 saturated carbocycles. The van der Waals surface area contributed by atoms with Gasteiger partial charge in [0, 0.05) is 42.3 Å². The number of carbonyl (C=O) groups is 1. The van der Waals surface area contributed by atoms with Crippen molar-refractivity contribution in [1.82, 2.24) is 9.88 Å². The average molecular weight is 428 g/mol. The molecule has 0 spiro atoms.